The number of unbranched alkanes of at least 4 members (excludes halogenated alkanes) is 2. The van der Waals surface area contributed by atoms with E-state index in [9.17, 15) is 9.59 Å². The van der Waals surface area contributed by atoms with Gasteiger partial charge in [-0.25, -0.2) is 0 Å². The molecule has 192 valence electrons. The highest BCUT2D eigenvalue weighted by molar-refractivity contribution is 5.98. The zero-order valence-corrected chi connectivity index (χ0v) is 20.6. The number of hydrogen-bond donors (Lipinski definition) is 2. The molecule has 3 aromatic heterocycles. The van der Waals surface area contributed by atoms with Gasteiger partial charge in [-0.15, -0.1) is 15.3 Å². The van der Waals surface area contributed by atoms with Crippen molar-refractivity contribution in [2.75, 3.05) is 20.3 Å². The molecule has 0 unspecified atom stereocenters. The number of methoxy groups -OCH3 is 1. The van der Waals surface area contributed by atoms with Crippen molar-refractivity contribution in [3.63, 3.8) is 0 Å². The molecule has 4 aromatic rings. The van der Waals surface area contributed by atoms with Crippen molar-refractivity contribution in [3.8, 4) is 5.88 Å². The number of nitrogens with zero attached hydrogens (tertiary/aromatic N) is 5. The van der Waals surface area contributed by atoms with Crippen molar-refractivity contribution in [1.29, 1.82) is 0 Å². The molecule has 0 aliphatic rings. The molecule has 0 aliphatic heterocycles. The first-order chi connectivity index (χ1) is 18.1. The molecule has 1 amide bonds. The molecule has 3 heterocycles. The van der Waals surface area contributed by atoms with Crippen LogP contribution in [0.1, 0.15) is 36.3 Å². The third kappa shape index (κ3) is 6.44. The number of aryl methyl sites for hydroxylation is 1. The summed E-state index contributed by atoms with van der Waals surface area (Å²) in [6.07, 6.45) is 7.80. The van der Waals surface area contributed by atoms with Crippen LogP contribution in [-0.2, 0) is 27.4 Å². The maximum atomic E-state index is 12.0. The Kier molecular flexibility index (Phi) is 8.71. The molecule has 0 saturated carbocycles. The summed E-state index contributed by atoms with van der Waals surface area (Å²) in [7, 11) is 1.44. The molecule has 0 spiro atoms. The van der Waals surface area contributed by atoms with Crippen molar-refractivity contribution in [3.05, 3.63) is 65.8 Å². The van der Waals surface area contributed by atoms with Gasteiger partial charge < -0.3 is 20.5 Å². The second-order valence-corrected chi connectivity index (χ2v) is 8.44. The van der Waals surface area contributed by atoms with Crippen molar-refractivity contribution in [2.45, 2.75) is 32.3 Å². The number of ether oxygens (including phenoxy) is 2. The molecule has 1 aromatic carbocycles. The van der Waals surface area contributed by atoms with Gasteiger partial charge in [-0.3, -0.25) is 14.6 Å². The minimum Gasteiger partial charge on any atom is -0.470 e. The summed E-state index contributed by atoms with van der Waals surface area (Å²) in [5.41, 5.74) is 8.66. The molecule has 3 N–H and O–H groups in total. The molecule has 0 atom stereocenters. The average molecular weight is 504 g/mol. The van der Waals surface area contributed by atoms with E-state index in [-0.39, 0.29) is 30.5 Å². The molecule has 0 fully saturated rings. The van der Waals surface area contributed by atoms with E-state index in [0.717, 1.165) is 54.1 Å². The molecular weight excluding hydrogens is 474 g/mol. The number of benzene rings is 1. The summed E-state index contributed by atoms with van der Waals surface area (Å²) >= 11 is 0. The van der Waals surface area contributed by atoms with E-state index in [2.05, 4.69) is 25.6 Å². The molecule has 11 nitrogen and oxygen atoms in total. The summed E-state index contributed by atoms with van der Waals surface area (Å²) in [6, 6.07) is 11.6. The maximum Gasteiger partial charge on any atom is 0.240 e. The summed E-state index contributed by atoms with van der Waals surface area (Å²) in [6.45, 7) is 0.833. The van der Waals surface area contributed by atoms with Gasteiger partial charge in [-0.1, -0.05) is 30.7 Å². The number of rotatable bonds is 14. The van der Waals surface area contributed by atoms with E-state index in [1.165, 1.54) is 17.7 Å². The van der Waals surface area contributed by atoms with E-state index >= 15 is 0 Å². The molecule has 0 saturated heterocycles. The summed E-state index contributed by atoms with van der Waals surface area (Å²) in [4.78, 5) is 26.8. The Bertz CT molecular complexity index is 1400. The smallest absolute Gasteiger partial charge is 0.240 e. The molecule has 0 radical (unpaired) electrons. The number of amides is 1. The van der Waals surface area contributed by atoms with Gasteiger partial charge in [0.2, 0.25) is 18.1 Å². The fraction of sp³-hybridized carbons (Fsp3) is 0.308. The predicted molar refractivity (Wildman–Crippen MR) is 138 cm³/mol. The van der Waals surface area contributed by atoms with Crippen LogP contribution in [0, 0.1) is 0 Å². The SMILES string of the molecule is COCC(=O)C=C(N)c1nnc2c3ccccc3c(OCc3ccc(CCCCCNC=O)cn3)nn12. The van der Waals surface area contributed by atoms with Gasteiger partial charge in [0.05, 0.1) is 11.4 Å². The van der Waals surface area contributed by atoms with Crippen molar-refractivity contribution in [1.82, 2.24) is 30.1 Å². The highest BCUT2D eigenvalue weighted by atomic mass is 16.5. The van der Waals surface area contributed by atoms with Crippen molar-refractivity contribution >= 4 is 34.3 Å². The first kappa shape index (κ1) is 25.7. The van der Waals surface area contributed by atoms with Crippen LogP contribution in [-0.4, -0.2) is 57.3 Å². The lowest BCUT2D eigenvalue weighted by molar-refractivity contribution is -0.118. The van der Waals surface area contributed by atoms with Crippen LogP contribution in [0.2, 0.25) is 0 Å². The van der Waals surface area contributed by atoms with Gasteiger partial charge in [0.1, 0.15) is 13.2 Å². The van der Waals surface area contributed by atoms with Crippen molar-refractivity contribution in [2.24, 2.45) is 5.73 Å². The zero-order chi connectivity index (χ0) is 26.0. The lowest BCUT2D eigenvalue weighted by Crippen LogP contribution is -2.11. The van der Waals surface area contributed by atoms with Crippen LogP contribution in [0.5, 0.6) is 5.88 Å². The van der Waals surface area contributed by atoms with Crippen LogP contribution in [0.15, 0.2) is 48.7 Å². The molecule has 0 aliphatic carbocycles. The van der Waals surface area contributed by atoms with Gasteiger partial charge in [0, 0.05) is 36.7 Å². The van der Waals surface area contributed by atoms with Gasteiger partial charge >= 0.3 is 0 Å². The number of ketones is 1. The zero-order valence-electron chi connectivity index (χ0n) is 20.6. The second kappa shape index (κ2) is 12.5. The standard InChI is InChI=1S/C26H29N7O4/c1-36-16-20(35)13-23(27)25-31-30-24-21-8-4-5-9-22(21)26(32-33(24)25)37-15-19-11-10-18(14-29-19)7-3-2-6-12-28-17-34/h4-5,8-11,13-14,17H,2-3,6-7,12,15-16,27H2,1H3,(H,28,34). The number of carbonyl (C=O) groups excluding carboxylic acids is 2. The number of nitrogens with one attached hydrogen (secondary N) is 1. The van der Waals surface area contributed by atoms with E-state index in [1.54, 1.807) is 0 Å². The fourth-order valence-corrected chi connectivity index (χ4v) is 3.88. The molecule has 11 heteroatoms. The van der Waals surface area contributed by atoms with Gasteiger partial charge in [0.25, 0.3) is 0 Å². The number of fused-ring (bicyclic) bond motifs is 3. The van der Waals surface area contributed by atoms with E-state index in [0.29, 0.717) is 18.1 Å². The van der Waals surface area contributed by atoms with Crippen LogP contribution in [0.25, 0.3) is 22.1 Å². The lowest BCUT2D eigenvalue weighted by Gasteiger charge is -2.10. The Labute approximate surface area is 213 Å². The number of nitrogens with two attached hydrogens (primary N) is 1. The number of hydrogen-bond acceptors (Lipinski definition) is 9. The third-order valence-electron chi connectivity index (χ3n) is 5.70. The highest BCUT2D eigenvalue weighted by Gasteiger charge is 2.17. The quantitative estimate of drug-likeness (QED) is 0.150. The van der Waals surface area contributed by atoms with Crippen LogP contribution < -0.4 is 15.8 Å². The molecular formula is C26H29N7O4. The second-order valence-electron chi connectivity index (χ2n) is 8.44. The van der Waals surface area contributed by atoms with Crippen molar-refractivity contribution < 1.29 is 19.1 Å². The maximum absolute atomic E-state index is 12.0. The normalized spacial score (nSPS) is 11.6. The van der Waals surface area contributed by atoms with Crippen LogP contribution in [0.4, 0.5) is 0 Å². The van der Waals surface area contributed by atoms with Crippen LogP contribution in [0.3, 0.4) is 0 Å². The summed E-state index contributed by atoms with van der Waals surface area (Å²) < 4.78 is 12.4. The Morgan fingerprint density at radius 2 is 1.95 bits per heavy atom. The molecule has 0 bridgehead atoms. The molecule has 37 heavy (non-hydrogen) atoms. The van der Waals surface area contributed by atoms with Gasteiger partial charge in [0.15, 0.2) is 11.4 Å². The minimum atomic E-state index is -0.293. The fourth-order valence-electron chi connectivity index (χ4n) is 3.88. The number of carbonyl (C=O) groups is 2. The highest BCUT2D eigenvalue weighted by Crippen LogP contribution is 2.27. The Balaban J connectivity index is 1.50. The van der Waals surface area contributed by atoms with E-state index in [1.807, 2.05) is 42.6 Å². The number of pyridine rings is 1. The lowest BCUT2D eigenvalue weighted by atomic mass is 10.1. The van der Waals surface area contributed by atoms with Gasteiger partial charge in [-0.05, 0) is 37.0 Å². The first-order valence-corrected chi connectivity index (χ1v) is 12.0. The number of aromatic nitrogens is 5. The average Bonchev–Trinajstić information content (AvgIpc) is 3.34. The predicted octanol–water partition coefficient (Wildman–Crippen LogP) is 2.23. The first-order valence-electron chi connectivity index (χ1n) is 12.0. The van der Waals surface area contributed by atoms with E-state index in [4.69, 9.17) is 15.2 Å². The largest absolute Gasteiger partial charge is 0.470 e. The molecule has 4 rings (SSSR count). The van der Waals surface area contributed by atoms with E-state index < -0.39 is 0 Å². The third-order valence-corrected chi connectivity index (χ3v) is 5.70. The van der Waals surface area contributed by atoms with Crippen LogP contribution >= 0.6 is 0 Å². The Morgan fingerprint density at radius 1 is 1.11 bits per heavy atom. The topological polar surface area (TPSA) is 147 Å². The summed E-state index contributed by atoms with van der Waals surface area (Å²) in [5.74, 6) is 0.313. The Morgan fingerprint density at radius 3 is 2.70 bits per heavy atom. The Hall–Kier alpha value is -4.38. The monoisotopic (exact) mass is 503 g/mol. The summed E-state index contributed by atoms with van der Waals surface area (Å²) in [5, 5.41) is 17.2. The minimum absolute atomic E-state index is 0.0904. The van der Waals surface area contributed by atoms with Gasteiger partial charge in [-0.2, -0.15) is 4.52 Å².